The molecule has 0 aromatic rings. The highest BCUT2D eigenvalue weighted by Crippen LogP contribution is 2.67. The first-order valence-electron chi connectivity index (χ1n) is 21.2. The Morgan fingerprint density at radius 3 is 2.25 bits per heavy atom. The van der Waals surface area contributed by atoms with Crippen LogP contribution < -0.4 is 0 Å². The van der Waals surface area contributed by atoms with E-state index in [0.29, 0.717) is 17.3 Å². The van der Waals surface area contributed by atoms with Crippen LogP contribution in [0, 0.1) is 40.4 Å². The summed E-state index contributed by atoms with van der Waals surface area (Å²) >= 11 is 0. The van der Waals surface area contributed by atoms with E-state index in [1.54, 1.807) is 5.57 Å². The zero-order chi connectivity index (χ0) is 34.6. The molecule has 8 atom stereocenters. The molecule has 0 radical (unpaired) electrons. The number of hydrogen-bond acceptors (Lipinski definition) is 3. The Morgan fingerprint density at radius 2 is 1.56 bits per heavy atom. The lowest BCUT2D eigenvalue weighted by Crippen LogP contribution is -2.51. The van der Waals surface area contributed by atoms with Crippen LogP contribution in [-0.4, -0.2) is 22.8 Å². The van der Waals surface area contributed by atoms with Gasteiger partial charge in [-0.05, 0) is 138 Å². The molecule has 0 heterocycles. The van der Waals surface area contributed by atoms with Gasteiger partial charge in [0.05, 0.1) is 5.60 Å². The van der Waals surface area contributed by atoms with Crippen molar-refractivity contribution in [3.8, 4) is 0 Å². The molecule has 3 nitrogen and oxygen atoms in total. The molecule has 4 aliphatic carbocycles. The summed E-state index contributed by atoms with van der Waals surface area (Å²) in [6.45, 7) is 13.9. The summed E-state index contributed by atoms with van der Waals surface area (Å²) in [7, 11) is 0. The van der Waals surface area contributed by atoms with E-state index in [1.165, 1.54) is 116 Å². The van der Waals surface area contributed by atoms with Crippen molar-refractivity contribution in [1.82, 2.24) is 0 Å². The molecular formula is C45H78O3. The number of esters is 1. The quantitative estimate of drug-likeness (QED) is 0.0753. The van der Waals surface area contributed by atoms with Gasteiger partial charge in [-0.25, -0.2) is 0 Å². The molecule has 3 saturated carbocycles. The van der Waals surface area contributed by atoms with Crippen LogP contribution >= 0.6 is 0 Å². The highest BCUT2D eigenvalue weighted by molar-refractivity contribution is 5.69. The summed E-state index contributed by atoms with van der Waals surface area (Å²) in [4.78, 5) is 12.8. The van der Waals surface area contributed by atoms with Crippen LogP contribution in [0.25, 0.3) is 0 Å². The van der Waals surface area contributed by atoms with Crippen molar-refractivity contribution in [2.75, 3.05) is 0 Å². The summed E-state index contributed by atoms with van der Waals surface area (Å²) in [5.41, 5.74) is 1.86. The van der Waals surface area contributed by atoms with Crippen LogP contribution in [0.15, 0.2) is 23.8 Å². The number of rotatable bonds is 21. The lowest BCUT2D eigenvalue weighted by atomic mass is 9.47. The number of aliphatic hydroxyl groups is 1. The molecule has 0 aromatic carbocycles. The van der Waals surface area contributed by atoms with Crippen molar-refractivity contribution in [3.63, 3.8) is 0 Å². The Kier molecular flexibility index (Phi) is 15.7. The summed E-state index contributed by atoms with van der Waals surface area (Å²) in [5, 5.41) is 10.2. The van der Waals surface area contributed by atoms with Crippen molar-refractivity contribution in [2.45, 2.75) is 214 Å². The van der Waals surface area contributed by atoms with Crippen LogP contribution in [0.2, 0.25) is 0 Å². The number of carbonyl (C=O) groups is 1. The topological polar surface area (TPSA) is 46.5 Å². The standard InChI is InChI=1S/C45H78O3/c1-7-8-9-10-11-12-13-14-15-16-17-18-19-20-21-24-42(46)48-37-29-32-44(5)36(34-37)25-26-38-40-28-27-39(45(40,6)33-30-41(38)44)35(2)23-22-31-43(3,4)47/h14-15,25,35,37-41,47H,7-13,16-24,26-34H2,1-6H3/b15-14-/t35-,37+,38+,39-,40+,41+,44+,45-/m1/s1. The molecule has 1 N–H and O–H groups in total. The number of ether oxygens (including phenoxy) is 1. The summed E-state index contributed by atoms with van der Waals surface area (Å²) in [5.74, 6) is 4.10. The van der Waals surface area contributed by atoms with Gasteiger partial charge in [0, 0.05) is 12.8 Å². The van der Waals surface area contributed by atoms with E-state index < -0.39 is 5.60 Å². The molecular weight excluding hydrogens is 588 g/mol. The first kappa shape index (κ1) is 39.7. The smallest absolute Gasteiger partial charge is 0.306 e. The van der Waals surface area contributed by atoms with E-state index in [-0.39, 0.29) is 12.1 Å². The molecule has 276 valence electrons. The van der Waals surface area contributed by atoms with Crippen LogP contribution in [0.3, 0.4) is 0 Å². The Morgan fingerprint density at radius 1 is 0.896 bits per heavy atom. The monoisotopic (exact) mass is 667 g/mol. The molecule has 4 aliphatic rings. The molecule has 0 unspecified atom stereocenters. The third-order valence-electron chi connectivity index (χ3n) is 14.2. The van der Waals surface area contributed by atoms with Gasteiger partial charge >= 0.3 is 5.97 Å². The fraction of sp³-hybridized carbons (Fsp3) is 0.889. The fourth-order valence-electron chi connectivity index (χ4n) is 11.3. The van der Waals surface area contributed by atoms with E-state index in [1.807, 2.05) is 13.8 Å². The Labute approximate surface area is 297 Å². The number of unbranched alkanes of at least 4 members (excludes halogenated alkanes) is 11. The van der Waals surface area contributed by atoms with Gasteiger partial charge in [-0.1, -0.05) is 116 Å². The summed E-state index contributed by atoms with van der Waals surface area (Å²) < 4.78 is 6.11. The molecule has 0 saturated heterocycles. The van der Waals surface area contributed by atoms with Gasteiger partial charge in [-0.2, -0.15) is 0 Å². The normalized spacial score (nSPS) is 32.4. The number of fused-ring (bicyclic) bond motifs is 5. The third kappa shape index (κ3) is 11.0. The predicted molar refractivity (Wildman–Crippen MR) is 204 cm³/mol. The lowest BCUT2D eigenvalue weighted by Gasteiger charge is -2.58. The maximum atomic E-state index is 12.8. The van der Waals surface area contributed by atoms with Crippen molar-refractivity contribution >= 4 is 5.97 Å². The molecule has 0 bridgehead atoms. The summed E-state index contributed by atoms with van der Waals surface area (Å²) in [6.07, 6.45) is 38.0. The minimum atomic E-state index is -0.539. The zero-order valence-electron chi connectivity index (χ0n) is 32.6. The molecule has 48 heavy (non-hydrogen) atoms. The second kappa shape index (κ2) is 18.9. The molecule has 3 fully saturated rings. The van der Waals surface area contributed by atoms with Crippen molar-refractivity contribution in [2.24, 2.45) is 40.4 Å². The summed E-state index contributed by atoms with van der Waals surface area (Å²) in [6, 6.07) is 0. The molecule has 0 spiro atoms. The average Bonchev–Trinajstić information content (AvgIpc) is 3.40. The van der Waals surface area contributed by atoms with Crippen molar-refractivity contribution in [3.05, 3.63) is 23.8 Å². The Hall–Kier alpha value is -1.09. The Balaban J connectivity index is 1.12. The van der Waals surface area contributed by atoms with Crippen LogP contribution in [0.5, 0.6) is 0 Å². The van der Waals surface area contributed by atoms with Gasteiger partial charge in [-0.15, -0.1) is 0 Å². The minimum Gasteiger partial charge on any atom is -0.462 e. The van der Waals surface area contributed by atoms with E-state index in [9.17, 15) is 9.90 Å². The van der Waals surface area contributed by atoms with Crippen molar-refractivity contribution in [1.29, 1.82) is 0 Å². The van der Waals surface area contributed by atoms with E-state index >= 15 is 0 Å². The van der Waals surface area contributed by atoms with Crippen molar-refractivity contribution < 1.29 is 14.6 Å². The zero-order valence-corrected chi connectivity index (χ0v) is 32.6. The number of hydrogen-bond donors (Lipinski definition) is 1. The highest BCUT2D eigenvalue weighted by atomic mass is 16.5. The maximum absolute atomic E-state index is 12.8. The highest BCUT2D eigenvalue weighted by Gasteiger charge is 2.59. The van der Waals surface area contributed by atoms with Gasteiger partial charge in [0.2, 0.25) is 0 Å². The second-order valence-corrected chi connectivity index (χ2v) is 18.4. The Bertz CT molecular complexity index is 1020. The third-order valence-corrected chi connectivity index (χ3v) is 14.2. The van der Waals surface area contributed by atoms with Gasteiger partial charge < -0.3 is 9.84 Å². The van der Waals surface area contributed by atoms with Crippen LogP contribution in [0.1, 0.15) is 202 Å². The average molecular weight is 667 g/mol. The van der Waals surface area contributed by atoms with Gasteiger partial charge in [-0.3, -0.25) is 4.79 Å². The second-order valence-electron chi connectivity index (χ2n) is 18.4. The van der Waals surface area contributed by atoms with Crippen LogP contribution in [-0.2, 0) is 9.53 Å². The number of carbonyl (C=O) groups excluding carboxylic acids is 1. The largest absolute Gasteiger partial charge is 0.462 e. The maximum Gasteiger partial charge on any atom is 0.306 e. The van der Waals surface area contributed by atoms with E-state index in [4.69, 9.17) is 4.74 Å². The van der Waals surface area contributed by atoms with E-state index in [0.717, 1.165) is 68.1 Å². The van der Waals surface area contributed by atoms with Gasteiger partial charge in [0.15, 0.2) is 0 Å². The van der Waals surface area contributed by atoms with Gasteiger partial charge in [0.25, 0.3) is 0 Å². The fourth-order valence-corrected chi connectivity index (χ4v) is 11.3. The first-order chi connectivity index (χ1) is 23.0. The molecule has 4 rings (SSSR count). The minimum absolute atomic E-state index is 0.0395. The molecule has 3 heteroatoms. The molecule has 0 aliphatic heterocycles. The van der Waals surface area contributed by atoms with Gasteiger partial charge in [0.1, 0.15) is 6.10 Å². The number of allylic oxidation sites excluding steroid dienone is 3. The SMILES string of the molecule is CCCCCCCC/C=C\CCCCCCCC(=O)O[C@H]1CC[C@@]2(C)C(=CC[C@H]3[C@@H]4CC[C@H]([C@H](C)CCCC(C)(C)O)[C@@]4(C)CC[C@@H]32)C1. The van der Waals surface area contributed by atoms with Crippen LogP contribution in [0.4, 0.5) is 0 Å². The van der Waals surface area contributed by atoms with E-state index in [2.05, 4.69) is 45.9 Å². The predicted octanol–water partition coefficient (Wildman–Crippen LogP) is 13.1. The molecule has 0 amide bonds. The first-order valence-corrected chi connectivity index (χ1v) is 21.2. The molecule has 0 aromatic heterocycles. The lowest BCUT2D eigenvalue weighted by molar-refractivity contribution is -0.151.